The van der Waals surface area contributed by atoms with Crippen molar-refractivity contribution in [2.75, 3.05) is 13.2 Å². The molecule has 1 saturated carbocycles. The minimum atomic E-state index is -0.0583. The lowest BCUT2D eigenvalue weighted by molar-refractivity contribution is -0.132. The third kappa shape index (κ3) is 3.88. The number of carbonyl (C=O) groups is 2. The summed E-state index contributed by atoms with van der Waals surface area (Å²) in [7, 11) is 0. The molecule has 1 N–H and O–H groups in total. The first-order valence-corrected chi connectivity index (χ1v) is 10.0. The average Bonchev–Trinajstić information content (AvgIpc) is 3.31. The molecule has 0 aromatic heterocycles. The first-order chi connectivity index (χ1) is 13.6. The first kappa shape index (κ1) is 18.5. The van der Waals surface area contributed by atoms with E-state index in [0.29, 0.717) is 24.5 Å². The van der Waals surface area contributed by atoms with Crippen molar-refractivity contribution in [1.82, 2.24) is 10.2 Å². The summed E-state index contributed by atoms with van der Waals surface area (Å²) in [6, 6.07) is 17.1. The van der Waals surface area contributed by atoms with Crippen LogP contribution in [0.25, 0.3) is 0 Å². The molecular weight excluding hydrogens is 352 g/mol. The number of nitrogens with zero attached hydrogens (tertiary/aromatic N) is 1. The van der Waals surface area contributed by atoms with Crippen molar-refractivity contribution < 1.29 is 14.3 Å². The summed E-state index contributed by atoms with van der Waals surface area (Å²) in [5.41, 5.74) is 1.65. The standard InChI is InChI=1S/C23H26N2O3/c1-2-28-19-10-8-16(9-11-19)14-22(26)25-15-17-12-20(21(25)13-17)24-23(27)18-6-4-3-5-7-18/h3-11,17,20-21H,2,12-15H2,1H3,(H,24,27). The average molecular weight is 378 g/mol. The molecule has 2 bridgehead atoms. The van der Waals surface area contributed by atoms with Gasteiger partial charge in [0, 0.05) is 18.2 Å². The minimum absolute atomic E-state index is 0.0377. The van der Waals surface area contributed by atoms with E-state index in [9.17, 15) is 9.59 Å². The first-order valence-electron chi connectivity index (χ1n) is 10.0. The third-order valence-electron chi connectivity index (χ3n) is 5.74. The van der Waals surface area contributed by atoms with Gasteiger partial charge in [-0.25, -0.2) is 0 Å². The molecule has 1 aliphatic carbocycles. The van der Waals surface area contributed by atoms with Crippen LogP contribution in [0.15, 0.2) is 54.6 Å². The Bertz CT molecular complexity index is 835. The summed E-state index contributed by atoms with van der Waals surface area (Å²) in [4.78, 5) is 27.4. The van der Waals surface area contributed by atoms with E-state index in [0.717, 1.165) is 30.7 Å². The van der Waals surface area contributed by atoms with Crippen LogP contribution < -0.4 is 10.1 Å². The Hall–Kier alpha value is -2.82. The Morgan fingerprint density at radius 2 is 1.82 bits per heavy atom. The van der Waals surface area contributed by atoms with Gasteiger partial charge in [-0.15, -0.1) is 0 Å². The molecule has 1 heterocycles. The van der Waals surface area contributed by atoms with Crippen molar-refractivity contribution in [3.8, 4) is 5.75 Å². The SMILES string of the molecule is CCOc1ccc(CC(=O)N2CC3CC(NC(=O)c4ccccc4)C2C3)cc1. The zero-order chi connectivity index (χ0) is 19.5. The summed E-state index contributed by atoms with van der Waals surface area (Å²) in [6.07, 6.45) is 2.32. The maximum Gasteiger partial charge on any atom is 0.251 e. The molecular formula is C23H26N2O3. The lowest BCUT2D eigenvalue weighted by Crippen LogP contribution is -2.52. The van der Waals surface area contributed by atoms with Gasteiger partial charge < -0.3 is 15.0 Å². The Labute approximate surface area is 165 Å². The predicted octanol–water partition coefficient (Wildman–Crippen LogP) is 3.05. The normalized spacial score (nSPS) is 22.9. The molecule has 3 atom stereocenters. The second kappa shape index (κ2) is 8.05. The number of fused-ring (bicyclic) bond motifs is 2. The smallest absolute Gasteiger partial charge is 0.251 e. The summed E-state index contributed by atoms with van der Waals surface area (Å²) in [5, 5.41) is 3.15. The molecule has 2 fully saturated rings. The number of ether oxygens (including phenoxy) is 1. The van der Waals surface area contributed by atoms with Crippen LogP contribution in [0.4, 0.5) is 0 Å². The molecule has 2 aromatic rings. The highest BCUT2D eigenvalue weighted by Crippen LogP contribution is 2.38. The summed E-state index contributed by atoms with van der Waals surface area (Å²) in [6.45, 7) is 3.39. The lowest BCUT2D eigenvalue weighted by atomic mass is 10.0. The van der Waals surface area contributed by atoms with E-state index in [-0.39, 0.29) is 23.9 Å². The van der Waals surface area contributed by atoms with E-state index < -0.39 is 0 Å². The van der Waals surface area contributed by atoms with Gasteiger partial charge in [-0.05, 0) is 55.5 Å². The van der Waals surface area contributed by atoms with Crippen molar-refractivity contribution in [1.29, 1.82) is 0 Å². The molecule has 2 amide bonds. The Kier molecular flexibility index (Phi) is 5.33. The number of rotatable bonds is 6. The van der Waals surface area contributed by atoms with Crippen molar-refractivity contribution in [2.24, 2.45) is 5.92 Å². The van der Waals surface area contributed by atoms with E-state index in [4.69, 9.17) is 4.74 Å². The highest BCUT2D eigenvalue weighted by molar-refractivity contribution is 5.94. The molecule has 2 aliphatic rings. The molecule has 5 nitrogen and oxygen atoms in total. The molecule has 5 heteroatoms. The van der Waals surface area contributed by atoms with Crippen molar-refractivity contribution >= 4 is 11.8 Å². The lowest BCUT2D eigenvalue weighted by Gasteiger charge is -2.34. The molecule has 0 spiro atoms. The van der Waals surface area contributed by atoms with Gasteiger partial charge in [-0.1, -0.05) is 30.3 Å². The fraction of sp³-hybridized carbons (Fsp3) is 0.391. The monoisotopic (exact) mass is 378 g/mol. The van der Waals surface area contributed by atoms with Gasteiger partial charge >= 0.3 is 0 Å². The number of amides is 2. The molecule has 2 aromatic carbocycles. The largest absolute Gasteiger partial charge is 0.494 e. The highest BCUT2D eigenvalue weighted by atomic mass is 16.5. The fourth-order valence-electron chi connectivity index (χ4n) is 4.45. The molecule has 0 radical (unpaired) electrons. The van der Waals surface area contributed by atoms with Crippen LogP contribution >= 0.6 is 0 Å². The Morgan fingerprint density at radius 3 is 2.50 bits per heavy atom. The number of benzene rings is 2. The van der Waals surface area contributed by atoms with Crippen LogP contribution in [0.3, 0.4) is 0 Å². The highest BCUT2D eigenvalue weighted by Gasteiger charge is 2.47. The fourth-order valence-corrected chi connectivity index (χ4v) is 4.45. The van der Waals surface area contributed by atoms with Crippen molar-refractivity contribution in [2.45, 2.75) is 38.3 Å². The van der Waals surface area contributed by atoms with Gasteiger partial charge in [-0.2, -0.15) is 0 Å². The zero-order valence-corrected chi connectivity index (χ0v) is 16.1. The van der Waals surface area contributed by atoms with Crippen molar-refractivity contribution in [3.05, 3.63) is 65.7 Å². The topological polar surface area (TPSA) is 58.6 Å². The second-order valence-electron chi connectivity index (χ2n) is 7.65. The summed E-state index contributed by atoms with van der Waals surface area (Å²) in [5.74, 6) is 1.38. The zero-order valence-electron chi connectivity index (χ0n) is 16.1. The van der Waals surface area contributed by atoms with Gasteiger partial charge in [0.1, 0.15) is 5.75 Å². The molecule has 1 saturated heterocycles. The number of likely N-dealkylation sites (tertiary alicyclic amines) is 1. The number of hydrogen-bond acceptors (Lipinski definition) is 3. The van der Waals surface area contributed by atoms with Crippen LogP contribution in [0.5, 0.6) is 5.75 Å². The Balaban J connectivity index is 1.37. The van der Waals surface area contributed by atoms with Gasteiger partial charge in [0.05, 0.1) is 19.1 Å². The van der Waals surface area contributed by atoms with Crippen LogP contribution in [0, 0.1) is 5.92 Å². The van der Waals surface area contributed by atoms with Gasteiger partial charge in [0.25, 0.3) is 5.91 Å². The summed E-state index contributed by atoms with van der Waals surface area (Å²) >= 11 is 0. The van der Waals surface area contributed by atoms with Crippen LogP contribution in [0.1, 0.15) is 35.7 Å². The molecule has 4 rings (SSSR count). The van der Waals surface area contributed by atoms with Crippen molar-refractivity contribution in [3.63, 3.8) is 0 Å². The van der Waals surface area contributed by atoms with Gasteiger partial charge in [0.2, 0.25) is 5.91 Å². The van der Waals surface area contributed by atoms with E-state index >= 15 is 0 Å². The van der Waals surface area contributed by atoms with E-state index in [1.807, 2.05) is 66.4 Å². The van der Waals surface area contributed by atoms with Crippen LogP contribution in [-0.4, -0.2) is 41.9 Å². The van der Waals surface area contributed by atoms with Crippen LogP contribution in [0.2, 0.25) is 0 Å². The van der Waals surface area contributed by atoms with E-state index in [1.54, 1.807) is 0 Å². The Morgan fingerprint density at radius 1 is 1.07 bits per heavy atom. The van der Waals surface area contributed by atoms with Gasteiger partial charge in [-0.3, -0.25) is 9.59 Å². The quantitative estimate of drug-likeness (QED) is 0.841. The predicted molar refractivity (Wildman–Crippen MR) is 107 cm³/mol. The van der Waals surface area contributed by atoms with E-state index in [2.05, 4.69) is 5.32 Å². The number of carbonyl (C=O) groups excluding carboxylic acids is 2. The van der Waals surface area contributed by atoms with E-state index in [1.165, 1.54) is 0 Å². The molecule has 1 aliphatic heterocycles. The van der Waals surface area contributed by atoms with Gasteiger partial charge in [0.15, 0.2) is 0 Å². The minimum Gasteiger partial charge on any atom is -0.494 e. The summed E-state index contributed by atoms with van der Waals surface area (Å²) < 4.78 is 5.46. The molecule has 146 valence electrons. The third-order valence-corrected chi connectivity index (χ3v) is 5.74. The number of piperidine rings is 1. The maximum atomic E-state index is 12.9. The molecule has 3 unspecified atom stereocenters. The number of hydrogen-bond donors (Lipinski definition) is 1. The second-order valence-corrected chi connectivity index (χ2v) is 7.65. The number of nitrogens with one attached hydrogen (secondary N) is 1. The van der Waals surface area contributed by atoms with Crippen LogP contribution in [-0.2, 0) is 11.2 Å². The maximum absolute atomic E-state index is 12.9. The molecule has 28 heavy (non-hydrogen) atoms.